The number of hydrazone groups is 2. The van der Waals surface area contributed by atoms with E-state index in [9.17, 15) is 35.9 Å². The zero-order valence-electron chi connectivity index (χ0n) is 18.3. The second-order valence-corrected chi connectivity index (χ2v) is 7.32. The predicted octanol–water partition coefficient (Wildman–Crippen LogP) is 5.28. The summed E-state index contributed by atoms with van der Waals surface area (Å²) in [6.07, 6.45) is -5.88. The third-order valence-electron chi connectivity index (χ3n) is 4.63. The summed E-state index contributed by atoms with van der Waals surface area (Å²) in [5.41, 5.74) is 2.20. The minimum absolute atomic E-state index is 0.0479. The first-order valence-electron chi connectivity index (χ1n) is 10.4. The monoisotopic (exact) mass is 500 g/mol. The van der Waals surface area contributed by atoms with Crippen molar-refractivity contribution in [3.05, 3.63) is 70.8 Å². The summed E-state index contributed by atoms with van der Waals surface area (Å²) in [5, 5.41) is 7.10. The van der Waals surface area contributed by atoms with Crippen LogP contribution in [-0.2, 0) is 21.9 Å². The Kier molecular flexibility index (Phi) is 9.98. The Morgan fingerprint density at radius 1 is 0.657 bits per heavy atom. The van der Waals surface area contributed by atoms with Crippen LogP contribution in [0.15, 0.2) is 58.7 Å². The first-order valence-corrected chi connectivity index (χ1v) is 10.4. The van der Waals surface area contributed by atoms with E-state index < -0.39 is 35.3 Å². The van der Waals surface area contributed by atoms with Gasteiger partial charge >= 0.3 is 12.4 Å². The van der Waals surface area contributed by atoms with Gasteiger partial charge in [0.2, 0.25) is 11.8 Å². The summed E-state index contributed by atoms with van der Waals surface area (Å²) in [4.78, 5) is 23.5. The van der Waals surface area contributed by atoms with Crippen LogP contribution in [0.1, 0.15) is 54.4 Å². The topological polar surface area (TPSA) is 82.9 Å². The van der Waals surface area contributed by atoms with Crippen LogP contribution in [0.5, 0.6) is 0 Å². The van der Waals surface area contributed by atoms with Crippen molar-refractivity contribution < 1.29 is 35.9 Å². The van der Waals surface area contributed by atoms with Gasteiger partial charge in [-0.1, -0.05) is 42.8 Å². The maximum absolute atomic E-state index is 12.9. The van der Waals surface area contributed by atoms with Gasteiger partial charge in [-0.15, -0.1) is 0 Å². The van der Waals surface area contributed by atoms with Crippen LogP contribution in [0.3, 0.4) is 0 Å². The van der Waals surface area contributed by atoms with E-state index in [4.69, 9.17) is 0 Å². The van der Waals surface area contributed by atoms with Crippen molar-refractivity contribution in [1.82, 2.24) is 10.9 Å². The molecule has 2 amide bonds. The quantitative estimate of drug-likeness (QED) is 0.202. The standard InChI is InChI=1S/C23H22F6N4O2/c24-22(25,26)18-10-6-4-8-16(18)14-30-32-20(34)12-2-1-3-13-21(35)33-31-15-17-9-5-7-11-19(17)23(27,28)29/h4-11,14-15H,1-3,12-13H2,(H,32,34)(H,33,35)/b30-14+,31-15+. The zero-order valence-corrected chi connectivity index (χ0v) is 18.3. The molecule has 2 N–H and O–H groups in total. The Morgan fingerprint density at radius 2 is 1.03 bits per heavy atom. The summed E-state index contributed by atoms with van der Waals surface area (Å²) in [7, 11) is 0. The molecule has 12 heteroatoms. The summed E-state index contributed by atoms with van der Waals surface area (Å²) < 4.78 is 77.5. The van der Waals surface area contributed by atoms with E-state index in [0.717, 1.165) is 24.6 Å². The SMILES string of the molecule is O=C(CCCCCC(=O)N/N=C/c1ccccc1C(F)(F)F)N/N=C/c1ccccc1C(F)(F)F. The molecule has 0 unspecified atom stereocenters. The second-order valence-electron chi connectivity index (χ2n) is 7.32. The van der Waals surface area contributed by atoms with E-state index in [1.54, 1.807) is 0 Å². The van der Waals surface area contributed by atoms with E-state index >= 15 is 0 Å². The van der Waals surface area contributed by atoms with Crippen LogP contribution in [0.2, 0.25) is 0 Å². The molecule has 0 fully saturated rings. The van der Waals surface area contributed by atoms with Gasteiger partial charge in [-0.25, -0.2) is 10.9 Å². The maximum atomic E-state index is 12.9. The Balaban J connectivity index is 1.67. The van der Waals surface area contributed by atoms with Crippen LogP contribution in [0, 0.1) is 0 Å². The lowest BCUT2D eigenvalue weighted by Gasteiger charge is -2.09. The van der Waals surface area contributed by atoms with Crippen LogP contribution < -0.4 is 10.9 Å². The van der Waals surface area contributed by atoms with Crippen molar-refractivity contribution in [1.29, 1.82) is 0 Å². The molecule has 0 saturated heterocycles. The fraction of sp³-hybridized carbons (Fsp3) is 0.304. The molecular formula is C23H22F6N4O2. The number of hydrogen-bond acceptors (Lipinski definition) is 4. The number of nitrogens with zero attached hydrogens (tertiary/aromatic N) is 2. The molecule has 0 aliphatic heterocycles. The van der Waals surface area contributed by atoms with Crippen LogP contribution in [0.25, 0.3) is 0 Å². The van der Waals surface area contributed by atoms with Crippen molar-refractivity contribution in [2.45, 2.75) is 44.5 Å². The fourth-order valence-corrected chi connectivity index (χ4v) is 2.94. The summed E-state index contributed by atoms with van der Waals surface area (Å²) in [6, 6.07) is 9.60. The van der Waals surface area contributed by atoms with Gasteiger partial charge in [0, 0.05) is 24.0 Å². The molecule has 2 aromatic rings. The molecule has 35 heavy (non-hydrogen) atoms. The zero-order chi connectivity index (χ0) is 25.9. The molecule has 0 heterocycles. The molecule has 0 aliphatic carbocycles. The minimum atomic E-state index is -4.54. The number of hydrogen-bond donors (Lipinski definition) is 2. The highest BCUT2D eigenvalue weighted by Crippen LogP contribution is 2.31. The minimum Gasteiger partial charge on any atom is -0.273 e. The number of amides is 2. The Labute approximate surface area is 197 Å². The average molecular weight is 500 g/mol. The summed E-state index contributed by atoms with van der Waals surface area (Å²) in [5.74, 6) is -0.994. The second kappa shape index (κ2) is 12.7. The van der Waals surface area contributed by atoms with Crippen LogP contribution >= 0.6 is 0 Å². The van der Waals surface area contributed by atoms with E-state index in [-0.39, 0.29) is 24.0 Å². The lowest BCUT2D eigenvalue weighted by Crippen LogP contribution is -2.18. The normalized spacial score (nSPS) is 12.3. The predicted molar refractivity (Wildman–Crippen MR) is 117 cm³/mol. The number of alkyl halides is 6. The molecule has 2 rings (SSSR count). The van der Waals surface area contributed by atoms with Gasteiger partial charge in [0.05, 0.1) is 23.6 Å². The molecule has 0 aliphatic rings. The average Bonchev–Trinajstić information content (AvgIpc) is 2.78. The van der Waals surface area contributed by atoms with Crippen molar-refractivity contribution in [3.63, 3.8) is 0 Å². The van der Waals surface area contributed by atoms with Crippen LogP contribution in [0.4, 0.5) is 26.3 Å². The lowest BCUT2D eigenvalue weighted by atomic mass is 10.1. The molecule has 188 valence electrons. The third-order valence-corrected chi connectivity index (χ3v) is 4.63. The lowest BCUT2D eigenvalue weighted by molar-refractivity contribution is -0.138. The number of rotatable bonds is 10. The highest BCUT2D eigenvalue weighted by Gasteiger charge is 2.33. The van der Waals surface area contributed by atoms with E-state index in [0.29, 0.717) is 19.3 Å². The molecule has 0 spiro atoms. The number of carbonyl (C=O) groups is 2. The number of benzene rings is 2. The van der Waals surface area contributed by atoms with Gasteiger partial charge in [0.15, 0.2) is 0 Å². The Hall–Kier alpha value is -3.70. The Bertz CT molecular complexity index is 981. The van der Waals surface area contributed by atoms with E-state index in [1.165, 1.54) is 36.4 Å². The van der Waals surface area contributed by atoms with Crippen molar-refractivity contribution in [3.8, 4) is 0 Å². The highest BCUT2D eigenvalue weighted by atomic mass is 19.4. The van der Waals surface area contributed by atoms with Gasteiger partial charge in [-0.2, -0.15) is 36.5 Å². The van der Waals surface area contributed by atoms with Gasteiger partial charge < -0.3 is 0 Å². The molecule has 6 nitrogen and oxygen atoms in total. The van der Waals surface area contributed by atoms with Gasteiger partial charge in [-0.3, -0.25) is 9.59 Å². The molecule has 0 bridgehead atoms. The van der Waals surface area contributed by atoms with Crippen LogP contribution in [-0.4, -0.2) is 24.2 Å². The van der Waals surface area contributed by atoms with Crippen molar-refractivity contribution in [2.24, 2.45) is 10.2 Å². The molecular weight excluding hydrogens is 478 g/mol. The molecule has 0 aromatic heterocycles. The third kappa shape index (κ3) is 9.59. The van der Waals surface area contributed by atoms with Crippen molar-refractivity contribution >= 4 is 24.2 Å². The smallest absolute Gasteiger partial charge is 0.273 e. The first kappa shape index (κ1) is 27.5. The number of unbranched alkanes of at least 4 members (excludes halogenated alkanes) is 2. The molecule has 2 aromatic carbocycles. The molecule has 0 atom stereocenters. The highest BCUT2D eigenvalue weighted by molar-refractivity contribution is 5.85. The summed E-state index contributed by atoms with van der Waals surface area (Å²) in [6.45, 7) is 0. The van der Waals surface area contributed by atoms with E-state index in [2.05, 4.69) is 21.1 Å². The first-order chi connectivity index (χ1) is 16.5. The van der Waals surface area contributed by atoms with Crippen molar-refractivity contribution in [2.75, 3.05) is 0 Å². The maximum Gasteiger partial charge on any atom is 0.417 e. The summed E-state index contributed by atoms with van der Waals surface area (Å²) >= 11 is 0. The molecule has 0 radical (unpaired) electrons. The largest absolute Gasteiger partial charge is 0.417 e. The van der Waals surface area contributed by atoms with Gasteiger partial charge in [-0.05, 0) is 25.0 Å². The number of carbonyl (C=O) groups excluding carboxylic acids is 2. The number of nitrogens with one attached hydrogen (secondary N) is 2. The van der Waals surface area contributed by atoms with E-state index in [1.807, 2.05) is 0 Å². The van der Waals surface area contributed by atoms with Gasteiger partial charge in [0.1, 0.15) is 0 Å². The fourth-order valence-electron chi connectivity index (χ4n) is 2.94. The molecule has 0 saturated carbocycles. The Morgan fingerprint density at radius 3 is 1.40 bits per heavy atom. The van der Waals surface area contributed by atoms with Gasteiger partial charge in [0.25, 0.3) is 0 Å². The number of halogens is 6.